The summed E-state index contributed by atoms with van der Waals surface area (Å²) in [5.41, 5.74) is 0.868. The Morgan fingerprint density at radius 3 is 2.38 bits per heavy atom. The topological polar surface area (TPSA) is 56.5 Å². The van der Waals surface area contributed by atoms with Gasteiger partial charge in [-0.15, -0.1) is 0 Å². The van der Waals surface area contributed by atoms with Gasteiger partial charge in [0.1, 0.15) is 11.3 Å². The molecule has 0 saturated carbocycles. The molecule has 4 rings (SSSR count). The van der Waals surface area contributed by atoms with Crippen LogP contribution in [0.15, 0.2) is 88.1 Å². The van der Waals surface area contributed by atoms with E-state index in [1.165, 1.54) is 6.08 Å². The number of carbonyl (C=O) groups excluding carboxylic acids is 1. The molecule has 0 aliphatic rings. The van der Waals surface area contributed by atoms with Gasteiger partial charge in [0.25, 0.3) is 0 Å². The van der Waals surface area contributed by atoms with Gasteiger partial charge in [0, 0.05) is 17.5 Å². The minimum atomic E-state index is -0.503. The number of esters is 1. The second-order valence-electron chi connectivity index (χ2n) is 5.76. The van der Waals surface area contributed by atoms with Crippen LogP contribution in [0.5, 0.6) is 5.75 Å². The van der Waals surface area contributed by atoms with Gasteiger partial charge >= 0.3 is 11.6 Å². The fraction of sp³-hybridized carbons (Fsp3) is 0. The number of benzene rings is 3. The monoisotopic (exact) mass is 342 g/mol. The van der Waals surface area contributed by atoms with E-state index in [0.717, 1.165) is 16.3 Å². The lowest BCUT2D eigenvalue weighted by molar-refractivity contribution is -0.128. The van der Waals surface area contributed by atoms with Crippen molar-refractivity contribution in [3.63, 3.8) is 0 Å². The second-order valence-corrected chi connectivity index (χ2v) is 5.76. The maximum Gasteiger partial charge on any atom is 0.344 e. The van der Waals surface area contributed by atoms with E-state index >= 15 is 0 Å². The molecule has 0 fully saturated rings. The highest BCUT2D eigenvalue weighted by molar-refractivity contribution is 6.04. The quantitative estimate of drug-likeness (QED) is 0.180. The van der Waals surface area contributed by atoms with Crippen molar-refractivity contribution in [2.75, 3.05) is 0 Å². The minimum Gasteiger partial charge on any atom is -0.423 e. The summed E-state index contributed by atoms with van der Waals surface area (Å²) in [7, 11) is 0. The highest BCUT2D eigenvalue weighted by atomic mass is 16.5. The molecule has 126 valence electrons. The summed E-state index contributed by atoms with van der Waals surface area (Å²) in [5, 5.41) is 2.12. The summed E-state index contributed by atoms with van der Waals surface area (Å²) in [4.78, 5) is 24.1. The van der Waals surface area contributed by atoms with Crippen LogP contribution in [0.25, 0.3) is 27.8 Å². The van der Waals surface area contributed by atoms with E-state index in [-0.39, 0.29) is 0 Å². The molecule has 0 saturated heterocycles. The van der Waals surface area contributed by atoms with Crippen molar-refractivity contribution >= 4 is 33.8 Å². The molecule has 4 heteroatoms. The SMILES string of the molecule is O=C(/C=C/c1ccccc1)Oc1ccc2c(c1)oc(=O)c1ccccc12. The average molecular weight is 342 g/mol. The largest absolute Gasteiger partial charge is 0.423 e. The van der Waals surface area contributed by atoms with Gasteiger partial charge < -0.3 is 9.15 Å². The zero-order valence-corrected chi connectivity index (χ0v) is 13.7. The summed E-state index contributed by atoms with van der Waals surface area (Å²) < 4.78 is 10.7. The fourth-order valence-corrected chi connectivity index (χ4v) is 2.80. The van der Waals surface area contributed by atoms with Crippen molar-refractivity contribution in [1.82, 2.24) is 0 Å². The Labute approximate surface area is 148 Å². The predicted octanol–water partition coefficient (Wildman–Crippen LogP) is 4.57. The molecule has 0 aliphatic carbocycles. The van der Waals surface area contributed by atoms with Gasteiger partial charge in [0.05, 0.1) is 5.39 Å². The Bertz CT molecular complexity index is 1190. The van der Waals surface area contributed by atoms with Crippen molar-refractivity contribution in [3.8, 4) is 5.75 Å². The molecule has 0 radical (unpaired) electrons. The number of rotatable bonds is 3. The zero-order chi connectivity index (χ0) is 17.9. The molecule has 0 unspecified atom stereocenters. The Morgan fingerprint density at radius 2 is 1.58 bits per heavy atom. The first kappa shape index (κ1) is 15.8. The molecule has 4 nitrogen and oxygen atoms in total. The Kier molecular flexibility index (Phi) is 4.07. The van der Waals surface area contributed by atoms with Crippen molar-refractivity contribution < 1.29 is 13.9 Å². The Balaban J connectivity index is 1.63. The van der Waals surface area contributed by atoms with Crippen molar-refractivity contribution in [3.05, 3.63) is 94.9 Å². The number of hydrogen-bond acceptors (Lipinski definition) is 4. The number of fused-ring (bicyclic) bond motifs is 3. The molecular weight excluding hydrogens is 328 g/mol. The number of ether oxygens (including phenoxy) is 1. The molecule has 26 heavy (non-hydrogen) atoms. The molecule has 0 aliphatic heterocycles. The molecule has 0 N–H and O–H groups in total. The van der Waals surface area contributed by atoms with Crippen molar-refractivity contribution in [1.29, 1.82) is 0 Å². The highest BCUT2D eigenvalue weighted by Gasteiger charge is 2.09. The normalized spacial score (nSPS) is 11.2. The maximum absolute atomic E-state index is 12.1. The molecule has 3 aromatic carbocycles. The van der Waals surface area contributed by atoms with Gasteiger partial charge in [-0.2, -0.15) is 0 Å². The van der Waals surface area contributed by atoms with Gasteiger partial charge in [-0.3, -0.25) is 0 Å². The third-order valence-corrected chi connectivity index (χ3v) is 4.02. The van der Waals surface area contributed by atoms with Crippen LogP contribution in [-0.2, 0) is 4.79 Å². The van der Waals surface area contributed by atoms with E-state index in [2.05, 4.69) is 0 Å². The van der Waals surface area contributed by atoms with Gasteiger partial charge in [-0.1, -0.05) is 48.5 Å². The molecule has 0 atom stereocenters. The molecule has 0 bridgehead atoms. The molecule has 1 heterocycles. The smallest absolute Gasteiger partial charge is 0.344 e. The average Bonchev–Trinajstić information content (AvgIpc) is 2.67. The Hall–Kier alpha value is -3.66. The predicted molar refractivity (Wildman–Crippen MR) is 101 cm³/mol. The lowest BCUT2D eigenvalue weighted by Crippen LogP contribution is -2.04. The van der Waals surface area contributed by atoms with Crippen LogP contribution in [-0.4, -0.2) is 5.97 Å². The van der Waals surface area contributed by atoms with E-state index in [4.69, 9.17) is 9.15 Å². The first-order valence-corrected chi connectivity index (χ1v) is 8.11. The summed E-state index contributed by atoms with van der Waals surface area (Å²) in [6.45, 7) is 0. The van der Waals surface area contributed by atoms with Crippen LogP contribution in [0.1, 0.15) is 5.56 Å². The number of hydrogen-bond donors (Lipinski definition) is 0. The standard InChI is InChI=1S/C22H14O4/c23-21(13-10-15-6-2-1-3-7-15)25-16-11-12-18-17-8-4-5-9-19(17)22(24)26-20(18)14-16/h1-14H/b13-10+. The Morgan fingerprint density at radius 1 is 0.846 bits per heavy atom. The molecule has 1 aromatic heterocycles. The van der Waals surface area contributed by atoms with Gasteiger partial charge in [-0.05, 0) is 35.2 Å². The summed E-state index contributed by atoms with van der Waals surface area (Å²) in [6, 6.07) is 21.7. The summed E-state index contributed by atoms with van der Waals surface area (Å²) >= 11 is 0. The van der Waals surface area contributed by atoms with Gasteiger partial charge in [0.2, 0.25) is 0 Å². The van der Waals surface area contributed by atoms with E-state index in [1.807, 2.05) is 42.5 Å². The summed E-state index contributed by atoms with van der Waals surface area (Å²) in [6.07, 6.45) is 3.03. The van der Waals surface area contributed by atoms with Crippen LogP contribution >= 0.6 is 0 Å². The first-order valence-electron chi connectivity index (χ1n) is 8.11. The molecule has 0 spiro atoms. The third-order valence-electron chi connectivity index (χ3n) is 4.02. The lowest BCUT2D eigenvalue weighted by Gasteiger charge is -2.05. The first-order chi connectivity index (χ1) is 12.7. The molecule has 4 aromatic rings. The van der Waals surface area contributed by atoms with Gasteiger partial charge in [-0.25, -0.2) is 9.59 Å². The fourth-order valence-electron chi connectivity index (χ4n) is 2.80. The van der Waals surface area contributed by atoms with Gasteiger partial charge in [0.15, 0.2) is 0 Å². The van der Waals surface area contributed by atoms with Crippen LogP contribution in [0.2, 0.25) is 0 Å². The minimum absolute atomic E-state index is 0.318. The summed E-state index contributed by atoms with van der Waals surface area (Å²) in [5.74, 6) is -0.185. The van der Waals surface area contributed by atoms with E-state index in [1.54, 1.807) is 36.4 Å². The number of carbonyl (C=O) groups is 1. The third kappa shape index (κ3) is 3.13. The van der Waals surface area contributed by atoms with Crippen LogP contribution in [0.3, 0.4) is 0 Å². The zero-order valence-electron chi connectivity index (χ0n) is 13.7. The maximum atomic E-state index is 12.1. The molecular formula is C22H14O4. The highest BCUT2D eigenvalue weighted by Crippen LogP contribution is 2.26. The molecule has 0 amide bonds. The van der Waals surface area contributed by atoms with Crippen LogP contribution in [0.4, 0.5) is 0 Å². The van der Waals surface area contributed by atoms with E-state index < -0.39 is 11.6 Å². The van der Waals surface area contributed by atoms with E-state index in [9.17, 15) is 9.59 Å². The van der Waals surface area contributed by atoms with Crippen molar-refractivity contribution in [2.45, 2.75) is 0 Å². The lowest BCUT2D eigenvalue weighted by atomic mass is 10.1. The second kappa shape index (κ2) is 6.69. The van der Waals surface area contributed by atoms with Crippen LogP contribution < -0.4 is 10.4 Å². The van der Waals surface area contributed by atoms with Crippen molar-refractivity contribution in [2.24, 2.45) is 0 Å². The van der Waals surface area contributed by atoms with Crippen LogP contribution in [0, 0.1) is 0 Å². The van der Waals surface area contributed by atoms with E-state index in [0.29, 0.717) is 16.7 Å².